The molecule has 1 aromatic rings. The van der Waals surface area contributed by atoms with Crippen LogP contribution in [0.4, 0.5) is 4.79 Å². The molecule has 0 unspecified atom stereocenters. The average Bonchev–Trinajstić information content (AvgIpc) is 3.22. The van der Waals surface area contributed by atoms with Crippen LogP contribution in [0.25, 0.3) is 0 Å². The minimum absolute atomic E-state index is 0.207. The van der Waals surface area contributed by atoms with Crippen molar-refractivity contribution in [2.75, 3.05) is 13.2 Å². The Kier molecular flexibility index (Phi) is 4.66. The molecule has 3 aliphatic heterocycles. The van der Waals surface area contributed by atoms with E-state index >= 15 is 0 Å². The van der Waals surface area contributed by atoms with Crippen molar-refractivity contribution in [3.05, 3.63) is 35.9 Å². The van der Waals surface area contributed by atoms with Gasteiger partial charge in [0.1, 0.15) is 24.9 Å². The van der Waals surface area contributed by atoms with Gasteiger partial charge in [0.25, 0.3) is 0 Å². The number of hydrogen-bond donors (Lipinski definition) is 0. The smallest absolute Gasteiger partial charge is 0.410 e. The number of hydrogen-bond acceptors (Lipinski definition) is 6. The van der Waals surface area contributed by atoms with Gasteiger partial charge in [-0.2, -0.15) is 0 Å². The van der Waals surface area contributed by atoms with Gasteiger partial charge in [-0.05, 0) is 33.3 Å². The van der Waals surface area contributed by atoms with Crippen LogP contribution in [0.15, 0.2) is 30.3 Å². The molecule has 7 nitrogen and oxygen atoms in total. The number of benzene rings is 1. The second-order valence-electron chi connectivity index (χ2n) is 8.19. The van der Waals surface area contributed by atoms with Crippen molar-refractivity contribution in [3.8, 4) is 0 Å². The zero-order chi connectivity index (χ0) is 19.2. The van der Waals surface area contributed by atoms with Gasteiger partial charge < -0.3 is 23.7 Å². The Bertz CT molecular complexity index is 691. The Morgan fingerprint density at radius 1 is 1.07 bits per heavy atom. The molecule has 3 heterocycles. The number of fused-ring (bicyclic) bond motifs is 1. The fourth-order valence-electron chi connectivity index (χ4n) is 4.08. The Morgan fingerprint density at radius 3 is 2.44 bits per heavy atom. The first-order chi connectivity index (χ1) is 12.7. The predicted octanol–water partition coefficient (Wildman–Crippen LogP) is 2.68. The molecule has 4 rings (SSSR count). The van der Waals surface area contributed by atoms with E-state index in [9.17, 15) is 4.79 Å². The van der Waals surface area contributed by atoms with Crippen LogP contribution in [0.5, 0.6) is 0 Å². The van der Waals surface area contributed by atoms with Crippen molar-refractivity contribution in [2.24, 2.45) is 0 Å². The van der Waals surface area contributed by atoms with Gasteiger partial charge >= 0.3 is 6.09 Å². The molecule has 7 heteroatoms. The first-order valence-corrected chi connectivity index (χ1v) is 9.39. The quantitative estimate of drug-likeness (QED) is 0.807. The summed E-state index contributed by atoms with van der Waals surface area (Å²) in [5, 5.41) is 0. The summed E-state index contributed by atoms with van der Waals surface area (Å²) in [6.45, 7) is 8.53. The van der Waals surface area contributed by atoms with E-state index in [0.717, 1.165) is 5.56 Å². The molecule has 1 aromatic carbocycles. The van der Waals surface area contributed by atoms with Gasteiger partial charge in [-0.25, -0.2) is 4.79 Å². The third kappa shape index (κ3) is 3.82. The van der Waals surface area contributed by atoms with E-state index in [1.807, 2.05) is 58.0 Å². The van der Waals surface area contributed by atoms with E-state index in [2.05, 4.69) is 0 Å². The topological polar surface area (TPSA) is 66.5 Å². The van der Waals surface area contributed by atoms with Gasteiger partial charge in [-0.1, -0.05) is 30.3 Å². The fraction of sp³-hybridized carbons (Fsp3) is 0.650. The Hall–Kier alpha value is -1.67. The van der Waals surface area contributed by atoms with Crippen molar-refractivity contribution in [1.82, 2.24) is 4.90 Å². The third-order valence-electron chi connectivity index (χ3n) is 5.15. The highest BCUT2D eigenvalue weighted by Crippen LogP contribution is 2.41. The lowest BCUT2D eigenvalue weighted by molar-refractivity contribution is -0.175. The van der Waals surface area contributed by atoms with Crippen LogP contribution < -0.4 is 0 Å². The normalized spacial score (nSPS) is 33.9. The van der Waals surface area contributed by atoms with E-state index in [1.165, 1.54) is 0 Å². The van der Waals surface area contributed by atoms with Crippen LogP contribution in [-0.4, -0.2) is 60.1 Å². The minimum atomic E-state index is -0.683. The molecule has 3 aliphatic rings. The monoisotopic (exact) mass is 377 g/mol. The number of carbonyl (C=O) groups is 1. The molecule has 4 atom stereocenters. The molecule has 3 saturated heterocycles. The zero-order valence-electron chi connectivity index (χ0n) is 16.2. The summed E-state index contributed by atoms with van der Waals surface area (Å²) < 4.78 is 29.4. The van der Waals surface area contributed by atoms with Crippen molar-refractivity contribution >= 4 is 6.09 Å². The van der Waals surface area contributed by atoms with Crippen molar-refractivity contribution in [2.45, 2.75) is 70.2 Å². The molecule has 3 fully saturated rings. The number of amides is 1. The highest BCUT2D eigenvalue weighted by molar-refractivity contribution is 5.69. The largest absolute Gasteiger partial charge is 0.445 e. The highest BCUT2D eigenvalue weighted by atomic mass is 16.8. The number of nitrogens with zero attached hydrogens (tertiary/aromatic N) is 1. The maximum Gasteiger partial charge on any atom is 0.410 e. The van der Waals surface area contributed by atoms with Crippen molar-refractivity contribution < 1.29 is 28.5 Å². The molecule has 0 aliphatic carbocycles. The minimum Gasteiger partial charge on any atom is -0.445 e. The molecule has 0 bridgehead atoms. The average molecular weight is 377 g/mol. The van der Waals surface area contributed by atoms with E-state index in [4.69, 9.17) is 23.7 Å². The second kappa shape index (κ2) is 6.74. The van der Waals surface area contributed by atoms with Crippen LogP contribution in [0.3, 0.4) is 0 Å². The van der Waals surface area contributed by atoms with Gasteiger partial charge in [0.15, 0.2) is 11.6 Å². The van der Waals surface area contributed by atoms with Gasteiger partial charge in [0, 0.05) is 0 Å². The summed E-state index contributed by atoms with van der Waals surface area (Å²) in [6, 6.07) is 9.30. The molecule has 148 valence electrons. The van der Waals surface area contributed by atoms with Gasteiger partial charge in [0.2, 0.25) is 0 Å². The fourth-order valence-corrected chi connectivity index (χ4v) is 4.08. The summed E-state index contributed by atoms with van der Waals surface area (Å²) in [5.74, 6) is -1.36. The summed E-state index contributed by atoms with van der Waals surface area (Å²) in [7, 11) is 0. The SMILES string of the molecule is CC1(C)O[C@@H]2[C@@H]([C@H]3COC(C)(C)O3)N(C(=O)OCc3ccccc3)C[C@@H]2O1. The molecule has 27 heavy (non-hydrogen) atoms. The molecule has 0 aromatic heterocycles. The standard InChI is InChI=1S/C20H27NO6/c1-19(2)24-12-15(26-19)16-17-14(25-20(3,4)27-17)10-21(16)18(22)23-11-13-8-6-5-7-9-13/h5-9,14-17H,10-12H2,1-4H3/t14-,15+,16+,17-/m0/s1. The summed E-state index contributed by atoms with van der Waals surface area (Å²) in [5.41, 5.74) is 0.942. The van der Waals surface area contributed by atoms with Gasteiger partial charge in [-0.3, -0.25) is 4.90 Å². The number of carbonyl (C=O) groups excluding carboxylic acids is 1. The molecule has 0 N–H and O–H groups in total. The Morgan fingerprint density at radius 2 is 1.78 bits per heavy atom. The van der Waals surface area contributed by atoms with E-state index in [-0.39, 0.29) is 31.0 Å². The molecule has 0 radical (unpaired) electrons. The van der Waals surface area contributed by atoms with E-state index in [1.54, 1.807) is 4.90 Å². The van der Waals surface area contributed by atoms with Gasteiger partial charge in [0.05, 0.1) is 19.2 Å². The number of rotatable bonds is 3. The Labute approximate surface area is 159 Å². The Balaban J connectivity index is 1.49. The number of likely N-dealkylation sites (tertiary alicyclic amines) is 1. The maximum absolute atomic E-state index is 12.8. The highest BCUT2D eigenvalue weighted by Gasteiger charge is 2.58. The molecular formula is C20H27NO6. The van der Waals surface area contributed by atoms with E-state index in [0.29, 0.717) is 13.2 Å². The lowest BCUT2D eigenvalue weighted by atomic mass is 10.1. The van der Waals surface area contributed by atoms with Crippen LogP contribution in [0.1, 0.15) is 33.3 Å². The van der Waals surface area contributed by atoms with Crippen LogP contribution in [-0.2, 0) is 30.3 Å². The first-order valence-electron chi connectivity index (χ1n) is 9.39. The summed E-state index contributed by atoms with van der Waals surface area (Å²) in [4.78, 5) is 14.5. The first kappa shape index (κ1) is 18.7. The van der Waals surface area contributed by atoms with Gasteiger partial charge in [-0.15, -0.1) is 0 Å². The zero-order valence-corrected chi connectivity index (χ0v) is 16.2. The van der Waals surface area contributed by atoms with Crippen molar-refractivity contribution in [1.29, 1.82) is 0 Å². The van der Waals surface area contributed by atoms with Crippen LogP contribution in [0, 0.1) is 0 Å². The summed E-state index contributed by atoms with van der Waals surface area (Å²) >= 11 is 0. The predicted molar refractivity (Wildman–Crippen MR) is 95.9 cm³/mol. The molecule has 1 amide bonds. The lowest BCUT2D eigenvalue weighted by Gasteiger charge is -2.32. The molecular weight excluding hydrogens is 350 g/mol. The van der Waals surface area contributed by atoms with Crippen LogP contribution >= 0.6 is 0 Å². The third-order valence-corrected chi connectivity index (χ3v) is 5.15. The van der Waals surface area contributed by atoms with Crippen molar-refractivity contribution in [3.63, 3.8) is 0 Å². The van der Waals surface area contributed by atoms with E-state index < -0.39 is 17.7 Å². The number of ether oxygens (including phenoxy) is 5. The van der Waals surface area contributed by atoms with Crippen LogP contribution in [0.2, 0.25) is 0 Å². The lowest BCUT2D eigenvalue weighted by Crippen LogP contribution is -2.50. The maximum atomic E-state index is 12.8. The molecule has 0 saturated carbocycles. The molecule has 0 spiro atoms. The second-order valence-corrected chi connectivity index (χ2v) is 8.19. The summed E-state index contributed by atoms with van der Waals surface area (Å²) in [6.07, 6.45) is -1.17.